The van der Waals surface area contributed by atoms with Crippen molar-refractivity contribution in [1.29, 1.82) is 0 Å². The van der Waals surface area contributed by atoms with Gasteiger partial charge in [0.05, 0.1) is 12.5 Å². The molecule has 17 heavy (non-hydrogen) atoms. The number of hydrogen-bond donors (Lipinski definition) is 1. The molecule has 1 fully saturated rings. The van der Waals surface area contributed by atoms with E-state index in [1.165, 1.54) is 0 Å². The lowest BCUT2D eigenvalue weighted by Crippen LogP contribution is -2.46. The number of carbonyl (C=O) groups is 1. The maximum absolute atomic E-state index is 12.5. The largest absolute Gasteiger partial charge is 0.472 e. The highest BCUT2D eigenvalue weighted by Gasteiger charge is 2.37. The molecule has 1 saturated heterocycles. The third-order valence-corrected chi connectivity index (χ3v) is 3.74. The zero-order valence-corrected chi connectivity index (χ0v) is 10.5. The van der Waals surface area contributed by atoms with Crippen molar-refractivity contribution >= 4 is 5.78 Å². The van der Waals surface area contributed by atoms with Gasteiger partial charge in [-0.25, -0.2) is 0 Å². The number of ketones is 1. The molecule has 0 bridgehead atoms. The van der Waals surface area contributed by atoms with Crippen LogP contribution in [-0.4, -0.2) is 18.9 Å². The van der Waals surface area contributed by atoms with Crippen LogP contribution in [0.3, 0.4) is 0 Å². The van der Waals surface area contributed by atoms with Crippen LogP contribution in [0.2, 0.25) is 0 Å². The van der Waals surface area contributed by atoms with Crippen LogP contribution in [0.25, 0.3) is 0 Å². The van der Waals surface area contributed by atoms with Crippen molar-refractivity contribution in [3.8, 4) is 0 Å². The van der Waals surface area contributed by atoms with E-state index >= 15 is 0 Å². The molecule has 2 rings (SSSR count). The first-order chi connectivity index (χ1) is 8.27. The Balaban J connectivity index is 2.06. The number of nitrogens with one attached hydrogen (secondary N) is 1. The highest BCUT2D eigenvalue weighted by molar-refractivity contribution is 5.87. The lowest BCUT2D eigenvalue weighted by molar-refractivity contribution is -0.129. The van der Waals surface area contributed by atoms with Gasteiger partial charge in [0.25, 0.3) is 0 Å². The summed E-state index contributed by atoms with van der Waals surface area (Å²) in [6.45, 7) is 4.05. The summed E-state index contributed by atoms with van der Waals surface area (Å²) in [5.41, 5.74) is 0.862. The molecule has 0 amide bonds. The summed E-state index contributed by atoms with van der Waals surface area (Å²) in [5, 5.41) is 3.38. The molecule has 1 aromatic rings. The molecular weight excluding hydrogens is 214 g/mol. The van der Waals surface area contributed by atoms with Gasteiger partial charge in [-0.15, -0.1) is 0 Å². The van der Waals surface area contributed by atoms with E-state index in [0.29, 0.717) is 12.2 Å². The molecule has 0 spiro atoms. The lowest BCUT2D eigenvalue weighted by Gasteiger charge is -2.36. The molecule has 0 saturated carbocycles. The van der Waals surface area contributed by atoms with Crippen molar-refractivity contribution in [2.24, 2.45) is 5.41 Å². The quantitative estimate of drug-likeness (QED) is 0.853. The fourth-order valence-corrected chi connectivity index (χ4v) is 2.80. The van der Waals surface area contributed by atoms with Crippen LogP contribution >= 0.6 is 0 Å². The third kappa shape index (κ3) is 2.78. The Morgan fingerprint density at radius 3 is 3.06 bits per heavy atom. The van der Waals surface area contributed by atoms with Gasteiger partial charge < -0.3 is 9.73 Å². The van der Waals surface area contributed by atoms with E-state index in [-0.39, 0.29) is 5.41 Å². The number of furan rings is 1. The highest BCUT2D eigenvalue weighted by atomic mass is 16.3. The Morgan fingerprint density at radius 2 is 2.47 bits per heavy atom. The predicted molar refractivity (Wildman–Crippen MR) is 66.9 cm³/mol. The molecule has 0 radical (unpaired) electrons. The van der Waals surface area contributed by atoms with Gasteiger partial charge in [-0.3, -0.25) is 4.79 Å². The summed E-state index contributed by atoms with van der Waals surface area (Å²) in [6, 6.07) is 1.88. The summed E-state index contributed by atoms with van der Waals surface area (Å²) in [5.74, 6) is 0.368. The monoisotopic (exact) mass is 235 g/mol. The van der Waals surface area contributed by atoms with Crippen molar-refractivity contribution in [3.05, 3.63) is 24.2 Å². The third-order valence-electron chi connectivity index (χ3n) is 3.74. The van der Waals surface area contributed by atoms with Crippen molar-refractivity contribution in [3.63, 3.8) is 0 Å². The van der Waals surface area contributed by atoms with Crippen molar-refractivity contribution in [2.45, 2.75) is 39.0 Å². The second-order valence-corrected chi connectivity index (χ2v) is 5.04. The minimum atomic E-state index is -0.135. The number of Topliss-reactive ketones (excluding diaryl/α,β-unsaturated/α-hetero) is 1. The van der Waals surface area contributed by atoms with E-state index in [1.807, 2.05) is 6.07 Å². The van der Waals surface area contributed by atoms with Crippen LogP contribution in [0, 0.1) is 5.41 Å². The molecule has 0 aliphatic carbocycles. The fraction of sp³-hybridized carbons (Fsp3) is 0.643. The van der Waals surface area contributed by atoms with Gasteiger partial charge in [-0.2, -0.15) is 0 Å². The van der Waals surface area contributed by atoms with Crippen molar-refractivity contribution in [1.82, 2.24) is 5.32 Å². The van der Waals surface area contributed by atoms with Crippen LogP contribution in [0.5, 0.6) is 0 Å². The van der Waals surface area contributed by atoms with Gasteiger partial charge in [-0.1, -0.05) is 13.3 Å². The first-order valence-electron chi connectivity index (χ1n) is 6.52. The molecule has 2 heterocycles. The Kier molecular flexibility index (Phi) is 4.00. The smallest absolute Gasteiger partial charge is 0.144 e. The Morgan fingerprint density at radius 1 is 1.59 bits per heavy atom. The van der Waals surface area contributed by atoms with Gasteiger partial charge in [0, 0.05) is 18.4 Å². The minimum Gasteiger partial charge on any atom is -0.472 e. The maximum atomic E-state index is 12.5. The van der Waals surface area contributed by atoms with Crippen molar-refractivity contribution in [2.75, 3.05) is 13.1 Å². The van der Waals surface area contributed by atoms with Crippen LogP contribution < -0.4 is 5.32 Å². The second kappa shape index (κ2) is 5.50. The second-order valence-electron chi connectivity index (χ2n) is 5.04. The van der Waals surface area contributed by atoms with Gasteiger partial charge in [0.1, 0.15) is 5.78 Å². The lowest BCUT2D eigenvalue weighted by atomic mass is 9.72. The molecular formula is C14H21NO2. The molecule has 1 aliphatic heterocycles. The number of carbonyl (C=O) groups excluding carboxylic acids is 1. The SMILES string of the molecule is CCCC1(C(=O)Cc2ccoc2)CCCNC1. The van der Waals surface area contributed by atoms with E-state index in [2.05, 4.69) is 12.2 Å². The van der Waals surface area contributed by atoms with E-state index < -0.39 is 0 Å². The summed E-state index contributed by atoms with van der Waals surface area (Å²) >= 11 is 0. The summed E-state index contributed by atoms with van der Waals surface area (Å²) < 4.78 is 5.03. The summed E-state index contributed by atoms with van der Waals surface area (Å²) in [7, 11) is 0. The molecule has 94 valence electrons. The average molecular weight is 235 g/mol. The van der Waals surface area contributed by atoms with Gasteiger partial charge >= 0.3 is 0 Å². The molecule has 1 unspecified atom stereocenters. The Labute approximate surface area is 103 Å². The van der Waals surface area contributed by atoms with Crippen LogP contribution in [0.4, 0.5) is 0 Å². The maximum Gasteiger partial charge on any atom is 0.144 e. The molecule has 1 aliphatic rings. The number of piperidine rings is 1. The minimum absolute atomic E-state index is 0.135. The predicted octanol–water partition coefficient (Wildman–Crippen LogP) is 2.56. The number of hydrogen-bond acceptors (Lipinski definition) is 3. The Hall–Kier alpha value is -1.09. The fourth-order valence-electron chi connectivity index (χ4n) is 2.80. The van der Waals surface area contributed by atoms with Gasteiger partial charge in [-0.05, 0) is 37.4 Å². The van der Waals surface area contributed by atoms with Crippen molar-refractivity contribution < 1.29 is 9.21 Å². The standard InChI is InChI=1S/C14H21NO2/c1-2-5-14(6-3-7-15-11-14)13(16)9-12-4-8-17-10-12/h4,8,10,15H,2-3,5-7,9,11H2,1H3. The summed E-state index contributed by atoms with van der Waals surface area (Å²) in [4.78, 5) is 12.5. The molecule has 1 aromatic heterocycles. The highest BCUT2D eigenvalue weighted by Crippen LogP contribution is 2.33. The van der Waals surface area contributed by atoms with Gasteiger partial charge in [0.15, 0.2) is 0 Å². The normalized spacial score (nSPS) is 24.8. The molecule has 0 aromatic carbocycles. The van der Waals surface area contributed by atoms with Crippen LogP contribution in [0.15, 0.2) is 23.0 Å². The first-order valence-corrected chi connectivity index (χ1v) is 6.52. The molecule has 3 heteroatoms. The average Bonchev–Trinajstić information content (AvgIpc) is 2.83. The molecule has 1 N–H and O–H groups in total. The van der Waals surface area contributed by atoms with Crippen LogP contribution in [-0.2, 0) is 11.2 Å². The zero-order valence-electron chi connectivity index (χ0n) is 10.5. The first kappa shape index (κ1) is 12.4. The van der Waals surface area contributed by atoms with E-state index in [1.54, 1.807) is 12.5 Å². The molecule has 1 atom stereocenters. The summed E-state index contributed by atoms with van der Waals surface area (Å²) in [6.07, 6.45) is 8.03. The number of rotatable bonds is 5. The zero-order chi connectivity index (χ0) is 12.1. The Bertz CT molecular complexity index is 345. The van der Waals surface area contributed by atoms with Crippen LogP contribution in [0.1, 0.15) is 38.2 Å². The van der Waals surface area contributed by atoms with Gasteiger partial charge in [0.2, 0.25) is 0 Å². The van der Waals surface area contributed by atoms with E-state index in [9.17, 15) is 4.79 Å². The molecule has 3 nitrogen and oxygen atoms in total. The van der Waals surface area contributed by atoms with E-state index in [4.69, 9.17) is 4.42 Å². The van der Waals surface area contributed by atoms with E-state index in [0.717, 1.165) is 44.3 Å². The topological polar surface area (TPSA) is 42.2 Å².